The Labute approximate surface area is 143 Å². The van der Waals surface area contributed by atoms with Gasteiger partial charge in [0.2, 0.25) is 0 Å². The highest BCUT2D eigenvalue weighted by Gasteiger charge is 2.22. The van der Waals surface area contributed by atoms with Gasteiger partial charge in [-0.15, -0.1) is 0 Å². The van der Waals surface area contributed by atoms with Crippen LogP contribution < -0.4 is 15.4 Å². The Morgan fingerprint density at radius 3 is 2.38 bits per heavy atom. The molecule has 2 rings (SSSR count). The summed E-state index contributed by atoms with van der Waals surface area (Å²) in [5.74, 6) is 1.32. The quantitative estimate of drug-likeness (QED) is 0.826. The summed E-state index contributed by atoms with van der Waals surface area (Å²) >= 11 is 0. The van der Waals surface area contributed by atoms with E-state index in [1.165, 1.54) is 4.90 Å². The van der Waals surface area contributed by atoms with Gasteiger partial charge in [0.1, 0.15) is 17.1 Å². The summed E-state index contributed by atoms with van der Waals surface area (Å²) in [4.78, 5) is 13.6. The summed E-state index contributed by atoms with van der Waals surface area (Å²) in [6.07, 6.45) is -0.470. The first-order valence-corrected chi connectivity index (χ1v) is 7.76. The SMILES string of the molecule is Cc1cccc(Oc2ccc(N)c(N(C)C(=O)OC(C)(C)C)c2)c1. The van der Waals surface area contributed by atoms with Crippen LogP contribution in [0.5, 0.6) is 11.5 Å². The van der Waals surface area contributed by atoms with Crippen LogP contribution >= 0.6 is 0 Å². The lowest BCUT2D eigenvalue weighted by atomic mass is 10.2. The molecule has 2 N–H and O–H groups in total. The lowest BCUT2D eigenvalue weighted by Crippen LogP contribution is -2.34. The molecule has 0 unspecified atom stereocenters. The predicted octanol–water partition coefficient (Wildman–Crippen LogP) is 4.74. The van der Waals surface area contributed by atoms with E-state index in [-0.39, 0.29) is 0 Å². The predicted molar refractivity (Wildman–Crippen MR) is 96.7 cm³/mol. The molecule has 0 aliphatic carbocycles. The van der Waals surface area contributed by atoms with Gasteiger partial charge in [-0.3, -0.25) is 4.90 Å². The number of ether oxygens (including phenoxy) is 2. The van der Waals surface area contributed by atoms with Crippen molar-refractivity contribution in [3.05, 3.63) is 48.0 Å². The lowest BCUT2D eigenvalue weighted by Gasteiger charge is -2.25. The van der Waals surface area contributed by atoms with E-state index >= 15 is 0 Å². The summed E-state index contributed by atoms with van der Waals surface area (Å²) < 4.78 is 11.2. The zero-order valence-corrected chi connectivity index (χ0v) is 14.8. The molecule has 1 amide bonds. The molecule has 5 nitrogen and oxygen atoms in total. The van der Waals surface area contributed by atoms with Gasteiger partial charge in [0.25, 0.3) is 0 Å². The van der Waals surface area contributed by atoms with Crippen LogP contribution in [0.3, 0.4) is 0 Å². The largest absolute Gasteiger partial charge is 0.457 e. The highest BCUT2D eigenvalue weighted by atomic mass is 16.6. The van der Waals surface area contributed by atoms with Crippen molar-refractivity contribution in [1.29, 1.82) is 0 Å². The van der Waals surface area contributed by atoms with Gasteiger partial charge < -0.3 is 15.2 Å². The van der Waals surface area contributed by atoms with E-state index < -0.39 is 11.7 Å². The second-order valence-corrected chi connectivity index (χ2v) is 6.68. The fraction of sp³-hybridized carbons (Fsp3) is 0.316. The van der Waals surface area contributed by atoms with Gasteiger partial charge in [-0.1, -0.05) is 12.1 Å². The molecule has 0 aliphatic rings. The Bertz CT molecular complexity index is 736. The molecule has 128 valence electrons. The molecule has 0 heterocycles. The van der Waals surface area contributed by atoms with Crippen molar-refractivity contribution in [2.75, 3.05) is 17.7 Å². The van der Waals surface area contributed by atoms with Crippen LogP contribution in [0.1, 0.15) is 26.3 Å². The number of hydrogen-bond donors (Lipinski definition) is 1. The normalized spacial score (nSPS) is 11.0. The van der Waals surface area contributed by atoms with Crippen molar-refractivity contribution < 1.29 is 14.3 Å². The molecule has 0 fully saturated rings. The average Bonchev–Trinajstić information content (AvgIpc) is 2.47. The third-order valence-electron chi connectivity index (χ3n) is 3.26. The number of nitrogens with zero attached hydrogens (tertiary/aromatic N) is 1. The van der Waals surface area contributed by atoms with Gasteiger partial charge in [-0.2, -0.15) is 0 Å². The number of anilines is 2. The number of carbonyl (C=O) groups is 1. The fourth-order valence-corrected chi connectivity index (χ4v) is 2.12. The van der Waals surface area contributed by atoms with E-state index in [4.69, 9.17) is 15.2 Å². The molecule has 2 aromatic carbocycles. The number of aryl methyl sites for hydroxylation is 1. The van der Waals surface area contributed by atoms with Crippen LogP contribution in [0, 0.1) is 6.92 Å². The van der Waals surface area contributed by atoms with Gasteiger partial charge >= 0.3 is 6.09 Å². The number of benzene rings is 2. The third-order valence-corrected chi connectivity index (χ3v) is 3.26. The Balaban J connectivity index is 2.23. The molecular formula is C19H24N2O3. The van der Waals surface area contributed by atoms with Crippen molar-refractivity contribution in [2.24, 2.45) is 0 Å². The average molecular weight is 328 g/mol. The van der Waals surface area contributed by atoms with Crippen LogP contribution in [0.15, 0.2) is 42.5 Å². The topological polar surface area (TPSA) is 64.8 Å². The Hall–Kier alpha value is -2.69. The van der Waals surface area contributed by atoms with E-state index in [2.05, 4.69) is 0 Å². The minimum atomic E-state index is -0.574. The first-order chi connectivity index (χ1) is 11.2. The van der Waals surface area contributed by atoms with Gasteiger partial charge in [0.05, 0.1) is 11.4 Å². The van der Waals surface area contributed by atoms with E-state index in [1.807, 2.05) is 52.0 Å². The summed E-state index contributed by atoms with van der Waals surface area (Å²) in [6, 6.07) is 12.9. The minimum absolute atomic E-state index is 0.470. The van der Waals surface area contributed by atoms with Crippen molar-refractivity contribution in [3.63, 3.8) is 0 Å². The van der Waals surface area contributed by atoms with E-state index in [0.717, 1.165) is 11.3 Å². The van der Waals surface area contributed by atoms with Crippen molar-refractivity contribution in [2.45, 2.75) is 33.3 Å². The summed E-state index contributed by atoms with van der Waals surface area (Å²) in [5.41, 5.74) is 7.55. The highest BCUT2D eigenvalue weighted by molar-refractivity contribution is 5.91. The molecule has 24 heavy (non-hydrogen) atoms. The fourth-order valence-electron chi connectivity index (χ4n) is 2.12. The molecule has 0 bridgehead atoms. The van der Waals surface area contributed by atoms with Gasteiger partial charge in [0.15, 0.2) is 0 Å². The van der Waals surface area contributed by atoms with E-state index in [9.17, 15) is 4.79 Å². The molecule has 0 aliphatic heterocycles. The molecule has 2 aromatic rings. The van der Waals surface area contributed by atoms with Crippen LogP contribution in [0.2, 0.25) is 0 Å². The maximum Gasteiger partial charge on any atom is 0.414 e. The number of carbonyl (C=O) groups excluding carboxylic acids is 1. The van der Waals surface area contributed by atoms with Gasteiger partial charge in [-0.05, 0) is 57.5 Å². The standard InChI is InChI=1S/C19H24N2O3/c1-13-7-6-8-14(11-13)23-15-9-10-16(20)17(12-15)21(5)18(22)24-19(2,3)4/h6-12H,20H2,1-5H3. The number of amides is 1. The lowest BCUT2D eigenvalue weighted by molar-refractivity contribution is 0.0589. The van der Waals surface area contributed by atoms with Crippen molar-refractivity contribution in [1.82, 2.24) is 0 Å². The molecule has 0 radical (unpaired) electrons. The summed E-state index contributed by atoms with van der Waals surface area (Å²) in [5, 5.41) is 0. The van der Waals surface area contributed by atoms with Crippen LogP contribution in [0.4, 0.5) is 16.2 Å². The minimum Gasteiger partial charge on any atom is -0.457 e. The first-order valence-electron chi connectivity index (χ1n) is 7.76. The van der Waals surface area contributed by atoms with Gasteiger partial charge in [-0.25, -0.2) is 4.79 Å². The maximum atomic E-state index is 12.2. The molecule has 0 spiro atoms. The molecule has 0 atom stereocenters. The maximum absolute atomic E-state index is 12.2. The van der Waals surface area contributed by atoms with Crippen LogP contribution in [0.25, 0.3) is 0 Å². The second-order valence-electron chi connectivity index (χ2n) is 6.68. The molecular weight excluding hydrogens is 304 g/mol. The Morgan fingerprint density at radius 1 is 1.08 bits per heavy atom. The Morgan fingerprint density at radius 2 is 1.75 bits per heavy atom. The van der Waals surface area contributed by atoms with E-state index in [1.54, 1.807) is 25.2 Å². The zero-order valence-electron chi connectivity index (χ0n) is 14.8. The smallest absolute Gasteiger partial charge is 0.414 e. The summed E-state index contributed by atoms with van der Waals surface area (Å²) in [7, 11) is 1.62. The summed E-state index contributed by atoms with van der Waals surface area (Å²) in [6.45, 7) is 7.45. The van der Waals surface area contributed by atoms with Crippen molar-refractivity contribution >= 4 is 17.5 Å². The first kappa shape index (κ1) is 17.7. The van der Waals surface area contributed by atoms with E-state index in [0.29, 0.717) is 17.1 Å². The number of rotatable bonds is 3. The van der Waals surface area contributed by atoms with Gasteiger partial charge in [0, 0.05) is 13.1 Å². The zero-order chi connectivity index (χ0) is 17.9. The van der Waals surface area contributed by atoms with Crippen molar-refractivity contribution in [3.8, 4) is 11.5 Å². The Kier molecular flexibility index (Phi) is 5.02. The molecule has 0 aromatic heterocycles. The number of hydrogen-bond acceptors (Lipinski definition) is 4. The number of nitrogen functional groups attached to an aromatic ring is 1. The molecule has 0 saturated heterocycles. The molecule has 5 heteroatoms. The third kappa shape index (κ3) is 4.65. The monoisotopic (exact) mass is 328 g/mol. The second kappa shape index (κ2) is 6.83. The van der Waals surface area contributed by atoms with Crippen LogP contribution in [-0.4, -0.2) is 18.7 Å². The number of nitrogens with two attached hydrogens (primary N) is 1. The molecule has 0 saturated carbocycles. The highest BCUT2D eigenvalue weighted by Crippen LogP contribution is 2.31. The van der Waals surface area contributed by atoms with Crippen LogP contribution in [-0.2, 0) is 4.74 Å².